The Morgan fingerprint density at radius 2 is 2.12 bits per heavy atom. The normalized spacial score (nSPS) is 13.6. The van der Waals surface area contributed by atoms with Gasteiger partial charge in [-0.1, -0.05) is 6.07 Å². The van der Waals surface area contributed by atoms with E-state index in [4.69, 9.17) is 14.7 Å². The lowest BCUT2D eigenvalue weighted by Crippen LogP contribution is -2.14. The summed E-state index contributed by atoms with van der Waals surface area (Å²) in [6.07, 6.45) is 7.55. The molecule has 1 unspecified atom stereocenters. The molecule has 0 amide bonds. The lowest BCUT2D eigenvalue weighted by molar-refractivity contribution is -0.137. The molecule has 4 heterocycles. The average molecular weight is 509 g/mol. The molecule has 0 radical (unpaired) electrons. The molecule has 0 bridgehead atoms. The zero-order valence-electron chi connectivity index (χ0n) is 18.6. The predicted octanol–water partition coefficient (Wildman–Crippen LogP) is 4.90. The van der Waals surface area contributed by atoms with Gasteiger partial charge in [0.15, 0.2) is 0 Å². The fraction of sp³-hybridized carbons (Fsp3) is 0.478. The van der Waals surface area contributed by atoms with Crippen molar-refractivity contribution in [2.75, 3.05) is 19.0 Å². The molecule has 4 rings (SSSR count). The molecule has 1 aliphatic rings. The number of ether oxygens (including phenoxy) is 1. The number of anilines is 1. The number of aryl methyl sites for hydroxylation is 3. The van der Waals surface area contributed by atoms with E-state index in [-0.39, 0.29) is 24.7 Å². The molecule has 3 aromatic heterocycles. The summed E-state index contributed by atoms with van der Waals surface area (Å²) in [5.41, 5.74) is 3.39. The number of aliphatic carboxylic acids is 1. The van der Waals surface area contributed by atoms with Gasteiger partial charge in [-0.2, -0.15) is 0 Å². The van der Waals surface area contributed by atoms with Crippen LogP contribution in [0.1, 0.15) is 57.0 Å². The highest BCUT2D eigenvalue weighted by Crippen LogP contribution is 2.30. The largest absolute Gasteiger partial charge is 0.481 e. The zero-order valence-corrected chi connectivity index (χ0v) is 21.0. The first-order chi connectivity index (χ1) is 15.6. The van der Waals surface area contributed by atoms with Gasteiger partial charge in [-0.15, -0.1) is 35.1 Å². The molecule has 0 saturated heterocycles. The number of hydrogen-bond acceptors (Lipinski definition) is 8. The lowest BCUT2D eigenvalue weighted by Gasteiger charge is -2.17. The second kappa shape index (κ2) is 12.4. The number of pyridine rings is 1. The van der Waals surface area contributed by atoms with E-state index in [9.17, 15) is 9.90 Å². The Morgan fingerprint density at radius 3 is 2.94 bits per heavy atom. The van der Waals surface area contributed by atoms with Crippen molar-refractivity contribution >= 4 is 46.9 Å². The molecule has 0 fully saturated rings. The van der Waals surface area contributed by atoms with Crippen LogP contribution in [0, 0.1) is 0 Å². The third kappa shape index (κ3) is 7.20. The molecule has 2 N–H and O–H groups in total. The van der Waals surface area contributed by atoms with E-state index < -0.39 is 5.97 Å². The number of fused-ring (bicyclic) bond motifs is 1. The number of rotatable bonds is 11. The Balaban J connectivity index is 0.00000306. The number of carbonyl (C=O) groups is 1. The number of methoxy groups -OCH3 is 1. The summed E-state index contributed by atoms with van der Waals surface area (Å²) in [5, 5.41) is 16.8. The highest BCUT2D eigenvalue weighted by atomic mass is 35.5. The van der Waals surface area contributed by atoms with Crippen molar-refractivity contribution < 1.29 is 14.6 Å². The SMILES string of the molecule is COCc1ncc(C(CC(=O)O)Cc2csc(CCCc3ccc4c(n3)NCCC4)n2)s1.Cl. The predicted molar refractivity (Wildman–Crippen MR) is 134 cm³/mol. The standard InChI is InChI=1S/C23H28N4O3S2.ClH/c1-30-13-21-25-12-19(32-21)16(11-22(28)29)10-18-14-31-20(26-18)6-2-5-17-8-7-15-4-3-9-24-23(15)27-17;/h7-8,12,14,16H,2-6,9-11,13H2,1H3,(H,24,27)(H,28,29);1H. The molecule has 33 heavy (non-hydrogen) atoms. The number of nitrogens with zero attached hydrogens (tertiary/aromatic N) is 3. The fourth-order valence-electron chi connectivity index (χ4n) is 3.93. The number of carboxylic acid groups (broad SMARTS) is 1. The van der Waals surface area contributed by atoms with E-state index >= 15 is 0 Å². The molecular formula is C23H29ClN4O3S2. The van der Waals surface area contributed by atoms with Crippen LogP contribution in [0.5, 0.6) is 0 Å². The molecule has 0 aliphatic carbocycles. The van der Waals surface area contributed by atoms with Crippen LogP contribution in [0.4, 0.5) is 5.82 Å². The van der Waals surface area contributed by atoms with Gasteiger partial charge < -0.3 is 15.2 Å². The fourth-order valence-corrected chi connectivity index (χ4v) is 5.77. The van der Waals surface area contributed by atoms with E-state index in [1.807, 2.05) is 0 Å². The van der Waals surface area contributed by atoms with Gasteiger partial charge in [0.25, 0.3) is 0 Å². The first kappa shape index (κ1) is 25.6. The van der Waals surface area contributed by atoms with Gasteiger partial charge in [0.1, 0.15) is 10.8 Å². The second-order valence-electron chi connectivity index (χ2n) is 8.02. The van der Waals surface area contributed by atoms with E-state index in [2.05, 4.69) is 27.8 Å². The Bertz CT molecular complexity index is 1060. The van der Waals surface area contributed by atoms with Gasteiger partial charge in [0, 0.05) is 41.7 Å². The van der Waals surface area contributed by atoms with Crippen LogP contribution in [0.2, 0.25) is 0 Å². The molecule has 10 heteroatoms. The Kier molecular flexibility index (Phi) is 9.61. The van der Waals surface area contributed by atoms with Crippen LogP contribution in [-0.4, -0.2) is 39.7 Å². The van der Waals surface area contributed by atoms with E-state index in [1.165, 1.54) is 23.3 Å². The van der Waals surface area contributed by atoms with Gasteiger partial charge in [0.05, 0.1) is 23.7 Å². The summed E-state index contributed by atoms with van der Waals surface area (Å²) >= 11 is 3.17. The molecule has 3 aromatic rings. The zero-order chi connectivity index (χ0) is 22.3. The highest BCUT2D eigenvalue weighted by molar-refractivity contribution is 7.11. The maximum atomic E-state index is 11.4. The average Bonchev–Trinajstić information content (AvgIpc) is 3.43. The highest BCUT2D eigenvalue weighted by Gasteiger charge is 2.20. The number of aromatic nitrogens is 3. The summed E-state index contributed by atoms with van der Waals surface area (Å²) in [6, 6.07) is 4.34. The minimum atomic E-state index is -0.806. The minimum Gasteiger partial charge on any atom is -0.481 e. The van der Waals surface area contributed by atoms with Crippen molar-refractivity contribution in [3.05, 3.63) is 55.6 Å². The number of hydrogen-bond donors (Lipinski definition) is 2. The van der Waals surface area contributed by atoms with Gasteiger partial charge >= 0.3 is 5.97 Å². The van der Waals surface area contributed by atoms with E-state index in [0.29, 0.717) is 13.0 Å². The van der Waals surface area contributed by atoms with Crippen LogP contribution in [0.15, 0.2) is 23.7 Å². The van der Waals surface area contributed by atoms with Gasteiger partial charge in [-0.05, 0) is 50.2 Å². The van der Waals surface area contributed by atoms with Gasteiger partial charge in [0.2, 0.25) is 0 Å². The van der Waals surface area contributed by atoms with Crippen LogP contribution in [0.25, 0.3) is 0 Å². The number of carboxylic acids is 1. The Labute approximate surface area is 208 Å². The van der Waals surface area contributed by atoms with Crippen molar-refractivity contribution in [3.63, 3.8) is 0 Å². The van der Waals surface area contributed by atoms with Crippen LogP contribution in [-0.2, 0) is 41.8 Å². The Morgan fingerprint density at radius 1 is 1.24 bits per heavy atom. The maximum absolute atomic E-state index is 11.4. The van der Waals surface area contributed by atoms with Crippen molar-refractivity contribution in [1.82, 2.24) is 15.0 Å². The first-order valence-corrected chi connectivity index (χ1v) is 12.6. The monoisotopic (exact) mass is 508 g/mol. The van der Waals surface area contributed by atoms with Gasteiger partial charge in [-0.3, -0.25) is 4.79 Å². The Hall–Kier alpha value is -2.07. The second-order valence-corrected chi connectivity index (χ2v) is 10.1. The smallest absolute Gasteiger partial charge is 0.304 e. The van der Waals surface area contributed by atoms with E-state index in [0.717, 1.165) is 64.3 Å². The summed E-state index contributed by atoms with van der Waals surface area (Å²) in [5.74, 6) is 0.114. The van der Waals surface area contributed by atoms with Gasteiger partial charge in [-0.25, -0.2) is 15.0 Å². The lowest BCUT2D eigenvalue weighted by atomic mass is 9.98. The molecule has 178 valence electrons. The van der Waals surface area contributed by atoms with Crippen LogP contribution in [0.3, 0.4) is 0 Å². The first-order valence-electron chi connectivity index (χ1n) is 10.9. The summed E-state index contributed by atoms with van der Waals surface area (Å²) in [6.45, 7) is 1.45. The topological polar surface area (TPSA) is 97.2 Å². The molecular weight excluding hydrogens is 480 g/mol. The number of thiazole rings is 2. The van der Waals surface area contributed by atoms with Crippen LogP contribution >= 0.6 is 35.1 Å². The summed E-state index contributed by atoms with van der Waals surface area (Å²) in [4.78, 5) is 26.3. The van der Waals surface area contributed by atoms with Crippen molar-refractivity contribution in [3.8, 4) is 0 Å². The maximum Gasteiger partial charge on any atom is 0.304 e. The quantitative estimate of drug-likeness (QED) is 0.380. The van der Waals surface area contributed by atoms with Crippen LogP contribution < -0.4 is 5.32 Å². The third-order valence-electron chi connectivity index (χ3n) is 5.49. The molecule has 7 nitrogen and oxygen atoms in total. The molecule has 0 saturated carbocycles. The summed E-state index contributed by atoms with van der Waals surface area (Å²) in [7, 11) is 1.63. The minimum absolute atomic E-state index is 0. The molecule has 1 atom stereocenters. The van der Waals surface area contributed by atoms with Crippen molar-refractivity contribution in [2.45, 2.75) is 57.5 Å². The number of halogens is 1. The third-order valence-corrected chi connectivity index (χ3v) is 7.58. The van der Waals surface area contributed by atoms with E-state index in [1.54, 1.807) is 24.6 Å². The van der Waals surface area contributed by atoms with Crippen molar-refractivity contribution in [2.24, 2.45) is 0 Å². The van der Waals surface area contributed by atoms with Crippen molar-refractivity contribution in [1.29, 1.82) is 0 Å². The molecule has 1 aliphatic heterocycles. The molecule has 0 aromatic carbocycles. The molecule has 0 spiro atoms. The summed E-state index contributed by atoms with van der Waals surface area (Å²) < 4.78 is 5.13. The number of nitrogens with one attached hydrogen (secondary N) is 1.